The van der Waals surface area contributed by atoms with E-state index in [-0.39, 0.29) is 16.6 Å². The third-order valence-electron chi connectivity index (χ3n) is 4.64. The summed E-state index contributed by atoms with van der Waals surface area (Å²) in [7, 11) is -3.29. The summed E-state index contributed by atoms with van der Waals surface area (Å²) in [6.45, 7) is 7.37. The minimum absolute atomic E-state index is 0.0789. The van der Waals surface area contributed by atoms with Crippen LogP contribution < -0.4 is 4.90 Å². The van der Waals surface area contributed by atoms with Crippen molar-refractivity contribution < 1.29 is 13.2 Å². The van der Waals surface area contributed by atoms with Crippen molar-refractivity contribution in [3.8, 4) is 0 Å². The molecule has 2 heterocycles. The Hall–Kier alpha value is -0.920. The largest absolute Gasteiger partial charge is 0.377 e. The molecule has 1 aromatic rings. The summed E-state index contributed by atoms with van der Waals surface area (Å²) in [5.41, 5.74) is 0.457. The average molecular weight is 360 g/mol. The summed E-state index contributed by atoms with van der Waals surface area (Å²) in [5.74, 6) is 0.662. The van der Waals surface area contributed by atoms with Crippen molar-refractivity contribution in [3.63, 3.8) is 0 Å². The van der Waals surface area contributed by atoms with Gasteiger partial charge < -0.3 is 9.64 Å². The Labute approximate surface area is 142 Å². The lowest BCUT2D eigenvalue weighted by Crippen LogP contribution is -2.44. The fraction of sp³-hybridized carbons (Fsp3) is 0.733. The molecule has 2 fully saturated rings. The second-order valence-corrected chi connectivity index (χ2v) is 9.87. The van der Waals surface area contributed by atoms with Gasteiger partial charge in [-0.15, -0.1) is 0 Å². The first-order valence-corrected chi connectivity index (χ1v) is 9.79. The number of nitrogens with zero attached hydrogens (tertiary/aromatic N) is 3. The van der Waals surface area contributed by atoms with Gasteiger partial charge in [-0.05, 0) is 45.2 Å². The minimum atomic E-state index is -3.29. The first-order chi connectivity index (χ1) is 10.7. The molecule has 0 amide bonds. The lowest BCUT2D eigenvalue weighted by molar-refractivity contribution is 0.0985. The maximum atomic E-state index is 12.7. The van der Waals surface area contributed by atoms with Crippen LogP contribution in [0.5, 0.6) is 0 Å². The fourth-order valence-electron chi connectivity index (χ4n) is 2.87. The predicted molar refractivity (Wildman–Crippen MR) is 89.6 cm³/mol. The summed E-state index contributed by atoms with van der Waals surface area (Å²) in [5, 5.41) is -0.174. The molecule has 0 bridgehead atoms. The first kappa shape index (κ1) is 16.9. The molecule has 0 N–H and O–H groups in total. The Morgan fingerprint density at radius 1 is 1.35 bits per heavy atom. The minimum Gasteiger partial charge on any atom is -0.377 e. The van der Waals surface area contributed by atoms with Gasteiger partial charge in [0.25, 0.3) is 0 Å². The molecule has 1 saturated heterocycles. The van der Waals surface area contributed by atoms with Crippen molar-refractivity contribution in [1.82, 2.24) is 9.97 Å². The van der Waals surface area contributed by atoms with Gasteiger partial charge in [-0.2, -0.15) is 0 Å². The highest BCUT2D eigenvalue weighted by atomic mass is 35.5. The van der Waals surface area contributed by atoms with Gasteiger partial charge >= 0.3 is 0 Å². The van der Waals surface area contributed by atoms with Crippen LogP contribution in [0.3, 0.4) is 0 Å². The summed E-state index contributed by atoms with van der Waals surface area (Å²) < 4.78 is 29.8. The van der Waals surface area contributed by atoms with Crippen LogP contribution in [0.4, 0.5) is 5.82 Å². The molecule has 2 aliphatic rings. The van der Waals surface area contributed by atoms with Gasteiger partial charge in [0.15, 0.2) is 9.84 Å². The van der Waals surface area contributed by atoms with E-state index in [2.05, 4.69) is 14.9 Å². The van der Waals surface area contributed by atoms with E-state index in [1.54, 1.807) is 19.9 Å². The van der Waals surface area contributed by atoms with Gasteiger partial charge in [0, 0.05) is 12.6 Å². The molecule has 8 heteroatoms. The molecular weight excluding hydrogens is 338 g/mol. The fourth-order valence-corrected chi connectivity index (χ4v) is 5.03. The highest BCUT2D eigenvalue weighted by Crippen LogP contribution is 2.41. The molecule has 128 valence electrons. The van der Waals surface area contributed by atoms with Crippen LogP contribution in [-0.2, 0) is 19.3 Å². The van der Waals surface area contributed by atoms with Crippen LogP contribution in [-0.4, -0.2) is 49.4 Å². The van der Waals surface area contributed by atoms with E-state index in [0.717, 1.165) is 12.8 Å². The Balaban J connectivity index is 2.00. The number of halogens is 1. The standard InChI is InChI=1S/C15H22ClN3O3S/c1-10-9-22-7-6-19(10)13-8-12(17-14(16)18-13)15(2,3)23(20,21)11-4-5-11/h8,10-11H,4-7,9H2,1-3H3/t10-/m0/s1. The molecule has 0 unspecified atom stereocenters. The van der Waals surface area contributed by atoms with Crippen LogP contribution in [0.15, 0.2) is 6.07 Å². The summed E-state index contributed by atoms with van der Waals surface area (Å²) in [4.78, 5) is 10.6. The Kier molecular flexibility index (Phi) is 4.31. The monoisotopic (exact) mass is 359 g/mol. The van der Waals surface area contributed by atoms with Crippen LogP contribution in [0.1, 0.15) is 39.3 Å². The number of hydrogen-bond donors (Lipinski definition) is 0. The number of hydrogen-bond acceptors (Lipinski definition) is 6. The summed E-state index contributed by atoms with van der Waals surface area (Å²) in [6, 6.07) is 1.92. The molecule has 0 aromatic carbocycles. The van der Waals surface area contributed by atoms with Crippen molar-refractivity contribution in [2.24, 2.45) is 0 Å². The highest BCUT2D eigenvalue weighted by molar-refractivity contribution is 7.93. The first-order valence-electron chi connectivity index (χ1n) is 7.86. The molecule has 3 rings (SSSR count). The molecule has 23 heavy (non-hydrogen) atoms. The molecule has 1 atom stereocenters. The Morgan fingerprint density at radius 3 is 2.65 bits per heavy atom. The third-order valence-corrected chi connectivity index (χ3v) is 7.79. The number of anilines is 1. The smallest absolute Gasteiger partial charge is 0.224 e. The van der Waals surface area contributed by atoms with Crippen LogP contribution in [0.25, 0.3) is 0 Å². The number of morpholine rings is 1. The topological polar surface area (TPSA) is 72.4 Å². The van der Waals surface area contributed by atoms with Crippen LogP contribution >= 0.6 is 11.6 Å². The van der Waals surface area contributed by atoms with Crippen molar-refractivity contribution in [3.05, 3.63) is 17.0 Å². The van der Waals surface area contributed by atoms with Crippen LogP contribution in [0.2, 0.25) is 5.28 Å². The lowest BCUT2D eigenvalue weighted by atomic mass is 10.1. The highest BCUT2D eigenvalue weighted by Gasteiger charge is 2.48. The lowest BCUT2D eigenvalue weighted by Gasteiger charge is -2.35. The molecule has 0 radical (unpaired) electrons. The SMILES string of the molecule is C[C@H]1COCCN1c1cc(C(C)(C)S(=O)(=O)C2CC2)nc(Cl)n1. The quantitative estimate of drug-likeness (QED) is 0.767. The second-order valence-electron chi connectivity index (χ2n) is 6.75. The Morgan fingerprint density at radius 2 is 2.04 bits per heavy atom. The molecule has 6 nitrogen and oxygen atoms in total. The van der Waals surface area contributed by atoms with Gasteiger partial charge in [0.2, 0.25) is 5.28 Å². The zero-order valence-corrected chi connectivity index (χ0v) is 15.2. The van der Waals surface area contributed by atoms with Gasteiger partial charge in [0.1, 0.15) is 10.6 Å². The van der Waals surface area contributed by atoms with E-state index in [1.807, 2.05) is 6.92 Å². The van der Waals surface area contributed by atoms with E-state index >= 15 is 0 Å². The van der Waals surface area contributed by atoms with Crippen molar-refractivity contribution in [1.29, 1.82) is 0 Å². The van der Waals surface area contributed by atoms with Crippen molar-refractivity contribution in [2.45, 2.75) is 49.7 Å². The zero-order chi connectivity index (χ0) is 16.8. The van der Waals surface area contributed by atoms with E-state index in [4.69, 9.17) is 16.3 Å². The molecule has 0 spiro atoms. The molecule has 1 aromatic heterocycles. The zero-order valence-electron chi connectivity index (χ0n) is 13.6. The number of sulfone groups is 1. The molecular formula is C15H22ClN3O3S. The maximum absolute atomic E-state index is 12.7. The third kappa shape index (κ3) is 3.06. The van der Waals surface area contributed by atoms with Gasteiger partial charge in [-0.3, -0.25) is 0 Å². The molecule has 1 aliphatic carbocycles. The van der Waals surface area contributed by atoms with E-state index < -0.39 is 14.6 Å². The van der Waals surface area contributed by atoms with Gasteiger partial charge in [0.05, 0.1) is 30.2 Å². The van der Waals surface area contributed by atoms with E-state index in [1.165, 1.54) is 0 Å². The second kappa shape index (κ2) is 5.86. The van der Waals surface area contributed by atoms with Gasteiger partial charge in [-0.25, -0.2) is 18.4 Å². The van der Waals surface area contributed by atoms with Crippen LogP contribution in [0, 0.1) is 0 Å². The predicted octanol–water partition coefficient (Wildman–Crippen LogP) is 2.17. The van der Waals surface area contributed by atoms with Gasteiger partial charge in [-0.1, -0.05) is 0 Å². The summed E-state index contributed by atoms with van der Waals surface area (Å²) in [6.07, 6.45) is 1.47. The average Bonchev–Trinajstić information content (AvgIpc) is 3.31. The number of aromatic nitrogens is 2. The van der Waals surface area contributed by atoms with E-state index in [0.29, 0.717) is 31.3 Å². The Bertz CT molecular complexity index is 704. The number of ether oxygens (including phenoxy) is 1. The summed E-state index contributed by atoms with van der Waals surface area (Å²) >= 11 is 6.09. The van der Waals surface area contributed by atoms with E-state index in [9.17, 15) is 8.42 Å². The van der Waals surface area contributed by atoms with Crippen molar-refractivity contribution in [2.75, 3.05) is 24.7 Å². The van der Waals surface area contributed by atoms with Crippen molar-refractivity contribution >= 4 is 27.3 Å². The molecule has 1 aliphatic heterocycles. The molecule has 1 saturated carbocycles. The number of rotatable bonds is 4. The maximum Gasteiger partial charge on any atom is 0.224 e. The normalized spacial score (nSPS) is 23.1.